The smallest absolute Gasteiger partial charge is 0.190 e. The Morgan fingerprint density at radius 1 is 1.29 bits per heavy atom. The van der Waals surface area contributed by atoms with Crippen molar-refractivity contribution in [2.45, 2.75) is 38.9 Å². The average Bonchev–Trinajstić information content (AvgIpc) is 2.24. The van der Waals surface area contributed by atoms with Gasteiger partial charge in [-0.05, 0) is 26.0 Å². The van der Waals surface area contributed by atoms with Crippen molar-refractivity contribution in [3.05, 3.63) is 11.2 Å². The van der Waals surface area contributed by atoms with Crippen molar-refractivity contribution >= 4 is 29.2 Å². The molecule has 0 saturated carbocycles. The molecule has 0 aromatic carbocycles. The van der Waals surface area contributed by atoms with Gasteiger partial charge in [0.15, 0.2) is 5.16 Å². The first-order chi connectivity index (χ1) is 7.93. The summed E-state index contributed by atoms with van der Waals surface area (Å²) in [6.07, 6.45) is 1.96. The first-order valence-electron chi connectivity index (χ1n) is 5.79. The van der Waals surface area contributed by atoms with Gasteiger partial charge in [0.25, 0.3) is 0 Å². The van der Waals surface area contributed by atoms with E-state index >= 15 is 0 Å². The highest BCUT2D eigenvalue weighted by Crippen LogP contribution is 2.22. The highest BCUT2D eigenvalue weighted by atomic mass is 35.5. The summed E-state index contributed by atoms with van der Waals surface area (Å²) < 4.78 is 0. The zero-order chi connectivity index (χ0) is 13.0. The molecule has 0 N–H and O–H groups in total. The van der Waals surface area contributed by atoms with Crippen LogP contribution in [0.5, 0.6) is 0 Å². The first kappa shape index (κ1) is 14.6. The Kier molecular flexibility index (Phi) is 5.53. The van der Waals surface area contributed by atoms with Gasteiger partial charge in [-0.25, -0.2) is 9.97 Å². The topological polar surface area (TPSA) is 29.0 Å². The summed E-state index contributed by atoms with van der Waals surface area (Å²) >= 11 is 7.53. The number of hydrogen-bond donors (Lipinski definition) is 0. The van der Waals surface area contributed by atoms with Gasteiger partial charge in [0.05, 0.1) is 0 Å². The lowest BCUT2D eigenvalue weighted by molar-refractivity contribution is 0.563. The predicted molar refractivity (Wildman–Crippen MR) is 76.1 cm³/mol. The summed E-state index contributed by atoms with van der Waals surface area (Å²) in [4.78, 5) is 10.9. The van der Waals surface area contributed by atoms with Gasteiger partial charge in [0, 0.05) is 18.7 Å². The summed E-state index contributed by atoms with van der Waals surface area (Å²) in [6, 6.07) is 2.24. The van der Waals surface area contributed by atoms with Crippen LogP contribution in [-0.2, 0) is 0 Å². The van der Waals surface area contributed by atoms with Crippen LogP contribution in [0.3, 0.4) is 0 Å². The lowest BCUT2D eigenvalue weighted by Crippen LogP contribution is -2.34. The summed E-state index contributed by atoms with van der Waals surface area (Å²) in [7, 11) is 0. The molecule has 3 nitrogen and oxygen atoms in total. The van der Waals surface area contributed by atoms with Crippen molar-refractivity contribution in [3.63, 3.8) is 0 Å². The van der Waals surface area contributed by atoms with Crippen LogP contribution in [0.15, 0.2) is 11.2 Å². The maximum Gasteiger partial charge on any atom is 0.190 e. The van der Waals surface area contributed by atoms with E-state index < -0.39 is 0 Å². The van der Waals surface area contributed by atoms with Crippen LogP contribution in [-0.4, -0.2) is 28.8 Å². The van der Waals surface area contributed by atoms with Gasteiger partial charge >= 0.3 is 0 Å². The third kappa shape index (κ3) is 4.36. The molecule has 1 aromatic rings. The molecular formula is C12H20ClN3S. The monoisotopic (exact) mass is 273 g/mol. The normalized spacial score (nSPS) is 11.3. The van der Waals surface area contributed by atoms with Crippen LogP contribution in [0.1, 0.15) is 27.7 Å². The summed E-state index contributed by atoms with van der Waals surface area (Å²) in [5.74, 6) is 1.50. The molecule has 0 aliphatic heterocycles. The minimum Gasteiger partial charge on any atom is -0.354 e. The Labute approximate surface area is 113 Å². The number of thioether (sulfide) groups is 1. The van der Waals surface area contributed by atoms with Crippen molar-refractivity contribution in [1.29, 1.82) is 0 Å². The van der Waals surface area contributed by atoms with E-state index in [2.05, 4.69) is 42.6 Å². The number of hydrogen-bond acceptors (Lipinski definition) is 4. The molecule has 0 fully saturated rings. The molecule has 5 heteroatoms. The Hall–Kier alpha value is -0.480. The molecule has 96 valence electrons. The Morgan fingerprint density at radius 2 is 1.94 bits per heavy atom. The Morgan fingerprint density at radius 3 is 2.41 bits per heavy atom. The molecule has 0 saturated heterocycles. The van der Waals surface area contributed by atoms with Crippen molar-refractivity contribution in [2.75, 3.05) is 17.7 Å². The minimum absolute atomic E-state index is 0.401. The third-order valence-electron chi connectivity index (χ3n) is 2.32. The lowest BCUT2D eigenvalue weighted by atomic mass is 10.2. The highest BCUT2D eigenvalue weighted by Gasteiger charge is 2.15. The fraction of sp³-hybridized carbons (Fsp3) is 0.667. The molecule has 1 rings (SSSR count). The maximum atomic E-state index is 6.02. The molecule has 1 aromatic heterocycles. The molecular weight excluding hydrogens is 254 g/mol. The van der Waals surface area contributed by atoms with Crippen LogP contribution >= 0.6 is 23.4 Å². The number of aromatic nitrogens is 2. The molecule has 0 bridgehead atoms. The van der Waals surface area contributed by atoms with Gasteiger partial charge in [0.1, 0.15) is 11.0 Å². The van der Waals surface area contributed by atoms with Gasteiger partial charge in [-0.1, -0.05) is 37.2 Å². The zero-order valence-electron chi connectivity index (χ0n) is 11.1. The number of halogens is 1. The van der Waals surface area contributed by atoms with Crippen molar-refractivity contribution in [1.82, 2.24) is 9.97 Å². The first-order valence-corrected chi connectivity index (χ1v) is 7.39. The number of rotatable bonds is 5. The summed E-state index contributed by atoms with van der Waals surface area (Å²) in [5.41, 5.74) is 0. The SMILES string of the molecule is CSc1nc(Cl)cc(N(CC(C)C)C(C)C)n1. The lowest BCUT2D eigenvalue weighted by Gasteiger charge is -2.29. The molecule has 1 heterocycles. The Balaban J connectivity index is 3.04. The maximum absolute atomic E-state index is 6.02. The number of anilines is 1. The van der Waals surface area contributed by atoms with Gasteiger partial charge in [-0.15, -0.1) is 0 Å². The molecule has 0 atom stereocenters. The summed E-state index contributed by atoms with van der Waals surface area (Å²) in [6.45, 7) is 9.70. The van der Waals surface area contributed by atoms with E-state index in [-0.39, 0.29) is 0 Å². The second-order valence-corrected chi connectivity index (χ2v) is 5.84. The summed E-state index contributed by atoms with van der Waals surface area (Å²) in [5, 5.41) is 1.23. The molecule has 0 aliphatic rings. The van der Waals surface area contributed by atoms with Crippen LogP contribution in [0.2, 0.25) is 5.15 Å². The van der Waals surface area contributed by atoms with Crippen molar-refractivity contribution in [3.8, 4) is 0 Å². The Bertz CT molecular complexity index is 369. The van der Waals surface area contributed by atoms with Crippen LogP contribution in [0.4, 0.5) is 5.82 Å². The van der Waals surface area contributed by atoms with E-state index in [9.17, 15) is 0 Å². The van der Waals surface area contributed by atoms with E-state index in [1.54, 1.807) is 0 Å². The molecule has 17 heavy (non-hydrogen) atoms. The van der Waals surface area contributed by atoms with Crippen LogP contribution < -0.4 is 4.90 Å². The zero-order valence-corrected chi connectivity index (χ0v) is 12.6. The third-order valence-corrected chi connectivity index (χ3v) is 3.06. The standard InChI is InChI=1S/C12H20ClN3S/c1-8(2)7-16(9(3)4)11-6-10(13)14-12(15-11)17-5/h6,8-9H,7H2,1-5H3. The van der Waals surface area contributed by atoms with Gasteiger partial charge in [0.2, 0.25) is 0 Å². The fourth-order valence-corrected chi connectivity index (χ4v) is 2.19. The van der Waals surface area contributed by atoms with Crippen molar-refractivity contribution in [2.24, 2.45) is 5.92 Å². The largest absolute Gasteiger partial charge is 0.354 e. The highest BCUT2D eigenvalue weighted by molar-refractivity contribution is 7.98. The second-order valence-electron chi connectivity index (χ2n) is 4.68. The van der Waals surface area contributed by atoms with E-state index in [0.29, 0.717) is 17.1 Å². The van der Waals surface area contributed by atoms with Gasteiger partial charge in [-0.2, -0.15) is 0 Å². The predicted octanol–water partition coefficient (Wildman–Crippen LogP) is 3.72. The molecule has 0 unspecified atom stereocenters. The van der Waals surface area contributed by atoms with Gasteiger partial charge < -0.3 is 4.90 Å². The second kappa shape index (κ2) is 6.45. The quantitative estimate of drug-likeness (QED) is 0.464. The van der Waals surface area contributed by atoms with E-state index in [1.165, 1.54) is 11.8 Å². The average molecular weight is 274 g/mol. The van der Waals surface area contributed by atoms with Crippen molar-refractivity contribution < 1.29 is 0 Å². The van der Waals surface area contributed by atoms with Crippen LogP contribution in [0, 0.1) is 5.92 Å². The molecule has 0 amide bonds. The minimum atomic E-state index is 0.401. The number of nitrogens with zero attached hydrogens (tertiary/aromatic N) is 3. The fourth-order valence-electron chi connectivity index (χ4n) is 1.59. The molecule has 0 aliphatic carbocycles. The molecule has 0 radical (unpaired) electrons. The van der Waals surface area contributed by atoms with E-state index in [0.717, 1.165) is 17.5 Å². The van der Waals surface area contributed by atoms with E-state index in [4.69, 9.17) is 11.6 Å². The van der Waals surface area contributed by atoms with Gasteiger partial charge in [-0.3, -0.25) is 0 Å². The molecule has 0 spiro atoms. The van der Waals surface area contributed by atoms with E-state index in [1.807, 2.05) is 12.3 Å². The van der Waals surface area contributed by atoms with Crippen LogP contribution in [0.25, 0.3) is 0 Å².